The van der Waals surface area contributed by atoms with Crippen LogP contribution in [0.25, 0.3) is 0 Å². The van der Waals surface area contributed by atoms with Gasteiger partial charge in [-0.2, -0.15) is 5.10 Å². The Morgan fingerprint density at radius 2 is 2.00 bits per heavy atom. The molecule has 106 valence electrons. The zero-order valence-corrected chi connectivity index (χ0v) is 11.8. The maximum atomic E-state index is 11.5. The van der Waals surface area contributed by atoms with E-state index in [2.05, 4.69) is 5.10 Å². The van der Waals surface area contributed by atoms with Crippen molar-refractivity contribution in [2.45, 2.75) is 18.9 Å². The molecule has 2 N–H and O–H groups in total. The molecule has 1 unspecified atom stereocenters. The highest BCUT2D eigenvalue weighted by Crippen LogP contribution is 2.38. The summed E-state index contributed by atoms with van der Waals surface area (Å²) in [5.41, 5.74) is -1.45. The van der Waals surface area contributed by atoms with E-state index >= 15 is 0 Å². The summed E-state index contributed by atoms with van der Waals surface area (Å²) < 4.78 is 0. The van der Waals surface area contributed by atoms with Gasteiger partial charge < -0.3 is 10.2 Å². The fourth-order valence-electron chi connectivity index (χ4n) is 1.92. The van der Waals surface area contributed by atoms with Gasteiger partial charge in [0.25, 0.3) is 0 Å². The Bertz CT molecular complexity index is 632. The number of anilines is 1. The third kappa shape index (κ3) is 2.32. The molecule has 0 amide bonds. The number of hydrogen-bond acceptors (Lipinski definition) is 4. The molecule has 0 saturated heterocycles. The largest absolute Gasteiger partial charge is 0.479 e. The third-order valence-electron chi connectivity index (χ3n) is 3.05. The molecule has 0 aliphatic carbocycles. The summed E-state index contributed by atoms with van der Waals surface area (Å²) in [4.78, 5) is 22.5. The first-order chi connectivity index (χ1) is 9.25. The molecule has 8 heteroatoms. The van der Waals surface area contributed by atoms with E-state index in [-0.39, 0.29) is 22.8 Å². The van der Waals surface area contributed by atoms with Gasteiger partial charge in [0.15, 0.2) is 5.54 Å². The quantitative estimate of drug-likeness (QED) is 0.894. The third-order valence-corrected chi connectivity index (χ3v) is 3.58. The van der Waals surface area contributed by atoms with Crippen molar-refractivity contribution in [3.05, 3.63) is 28.2 Å². The number of nitrogens with zero attached hydrogens (tertiary/aromatic N) is 2. The Hall–Kier alpha value is -1.79. The van der Waals surface area contributed by atoms with Crippen LogP contribution in [0.4, 0.5) is 5.69 Å². The van der Waals surface area contributed by atoms with Crippen molar-refractivity contribution >= 4 is 46.5 Å². The minimum absolute atomic E-state index is 0.195. The van der Waals surface area contributed by atoms with Crippen LogP contribution in [0.15, 0.2) is 23.3 Å². The summed E-state index contributed by atoms with van der Waals surface area (Å²) in [6, 6.07) is 4.47. The number of carbonyl (C=O) groups is 2. The molecule has 1 heterocycles. The maximum absolute atomic E-state index is 11.5. The molecular weight excluding hydrogens is 307 g/mol. The van der Waals surface area contributed by atoms with Crippen LogP contribution in [-0.4, -0.2) is 33.4 Å². The number of benzene rings is 1. The fourth-order valence-corrected chi connectivity index (χ4v) is 2.41. The second kappa shape index (κ2) is 4.96. The van der Waals surface area contributed by atoms with Crippen LogP contribution in [0.1, 0.15) is 13.3 Å². The van der Waals surface area contributed by atoms with Gasteiger partial charge in [-0.3, -0.25) is 0 Å². The number of carboxylic acid groups (broad SMARTS) is 2. The molecule has 0 fully saturated rings. The van der Waals surface area contributed by atoms with E-state index in [1.807, 2.05) is 0 Å². The van der Waals surface area contributed by atoms with Crippen molar-refractivity contribution in [1.82, 2.24) is 0 Å². The molecule has 0 saturated carbocycles. The summed E-state index contributed by atoms with van der Waals surface area (Å²) in [6.45, 7) is 1.39. The Kier molecular flexibility index (Phi) is 3.62. The van der Waals surface area contributed by atoms with Gasteiger partial charge in [-0.25, -0.2) is 14.6 Å². The summed E-state index contributed by atoms with van der Waals surface area (Å²) in [6.07, 6.45) is -0.226. The van der Waals surface area contributed by atoms with Gasteiger partial charge >= 0.3 is 11.9 Å². The second-order valence-electron chi connectivity index (χ2n) is 4.52. The molecule has 0 aromatic heterocycles. The first kappa shape index (κ1) is 14.6. The van der Waals surface area contributed by atoms with Gasteiger partial charge in [-0.15, -0.1) is 0 Å². The first-order valence-electron chi connectivity index (χ1n) is 5.55. The molecule has 20 heavy (non-hydrogen) atoms. The summed E-state index contributed by atoms with van der Waals surface area (Å²) in [5, 5.41) is 23.9. The minimum atomic E-state index is -1.51. The highest BCUT2D eigenvalue weighted by molar-refractivity contribution is 6.38. The Morgan fingerprint density at radius 1 is 1.35 bits per heavy atom. The molecule has 1 aliphatic heterocycles. The summed E-state index contributed by atoms with van der Waals surface area (Å²) in [7, 11) is 0. The van der Waals surface area contributed by atoms with Crippen molar-refractivity contribution in [3.8, 4) is 0 Å². The molecule has 0 radical (unpaired) electrons. The van der Waals surface area contributed by atoms with Crippen molar-refractivity contribution in [2.24, 2.45) is 5.10 Å². The van der Waals surface area contributed by atoms with Gasteiger partial charge in [0.1, 0.15) is 5.71 Å². The van der Waals surface area contributed by atoms with Crippen LogP contribution in [0.2, 0.25) is 10.0 Å². The topological polar surface area (TPSA) is 90.2 Å². The van der Waals surface area contributed by atoms with E-state index in [9.17, 15) is 14.7 Å². The zero-order valence-electron chi connectivity index (χ0n) is 10.3. The zero-order chi connectivity index (χ0) is 15.1. The lowest BCUT2D eigenvalue weighted by molar-refractivity contribution is -0.142. The lowest BCUT2D eigenvalue weighted by Crippen LogP contribution is -2.47. The van der Waals surface area contributed by atoms with Crippen molar-refractivity contribution in [2.75, 3.05) is 5.01 Å². The molecule has 1 aromatic rings. The lowest BCUT2D eigenvalue weighted by Gasteiger charge is -2.30. The van der Waals surface area contributed by atoms with E-state index in [1.54, 1.807) is 0 Å². The average molecular weight is 317 g/mol. The summed E-state index contributed by atoms with van der Waals surface area (Å²) >= 11 is 11.8. The van der Waals surface area contributed by atoms with Crippen molar-refractivity contribution in [3.63, 3.8) is 0 Å². The lowest BCUT2D eigenvalue weighted by atomic mass is 9.95. The number of carboxylic acids is 2. The van der Waals surface area contributed by atoms with E-state index in [0.29, 0.717) is 5.02 Å². The SMILES string of the molecule is CC1(C(=O)O)CC(C(=O)O)=NN1c1ccc(Cl)cc1Cl. The summed E-state index contributed by atoms with van der Waals surface area (Å²) in [5.74, 6) is -2.45. The van der Waals surface area contributed by atoms with Gasteiger partial charge in [-0.05, 0) is 25.1 Å². The number of hydrogen-bond donors (Lipinski definition) is 2. The van der Waals surface area contributed by atoms with Gasteiger partial charge in [0.05, 0.1) is 10.7 Å². The van der Waals surface area contributed by atoms with Crippen molar-refractivity contribution in [1.29, 1.82) is 0 Å². The Labute approximate surface area is 124 Å². The highest BCUT2D eigenvalue weighted by Gasteiger charge is 2.48. The molecule has 6 nitrogen and oxygen atoms in total. The normalized spacial score (nSPS) is 21.8. The predicted octanol–water partition coefficient (Wildman–Crippen LogP) is 2.49. The average Bonchev–Trinajstić information content (AvgIpc) is 2.69. The molecule has 0 spiro atoms. The highest BCUT2D eigenvalue weighted by atomic mass is 35.5. The van der Waals surface area contributed by atoms with Gasteiger partial charge in [0, 0.05) is 11.4 Å². The van der Waals surface area contributed by atoms with E-state index in [0.717, 1.165) is 5.01 Å². The smallest absolute Gasteiger partial charge is 0.352 e. The second-order valence-corrected chi connectivity index (χ2v) is 5.36. The van der Waals surface area contributed by atoms with Crippen molar-refractivity contribution < 1.29 is 19.8 Å². The molecule has 1 aromatic carbocycles. The van der Waals surface area contributed by atoms with E-state index in [4.69, 9.17) is 28.3 Å². The molecule has 0 bridgehead atoms. The van der Waals surface area contributed by atoms with Crippen LogP contribution in [0.3, 0.4) is 0 Å². The number of hydrazone groups is 1. The molecule has 1 atom stereocenters. The fraction of sp³-hybridized carbons (Fsp3) is 0.250. The number of aliphatic carboxylic acids is 2. The van der Waals surface area contributed by atoms with Crippen LogP contribution >= 0.6 is 23.2 Å². The standard InChI is InChI=1S/C12H10Cl2N2O4/c1-12(11(19)20)5-8(10(17)18)15-16(12)9-3-2-6(13)4-7(9)14/h2-4H,5H2,1H3,(H,17,18)(H,19,20). The van der Waals surface area contributed by atoms with Crippen LogP contribution in [-0.2, 0) is 9.59 Å². The molecular formula is C12H10Cl2N2O4. The van der Waals surface area contributed by atoms with E-state index in [1.165, 1.54) is 25.1 Å². The van der Waals surface area contributed by atoms with Crippen LogP contribution in [0.5, 0.6) is 0 Å². The monoisotopic (exact) mass is 316 g/mol. The number of halogens is 2. The van der Waals surface area contributed by atoms with E-state index < -0.39 is 17.5 Å². The van der Waals surface area contributed by atoms with Crippen LogP contribution in [0, 0.1) is 0 Å². The molecule has 2 rings (SSSR count). The Morgan fingerprint density at radius 3 is 2.50 bits per heavy atom. The van der Waals surface area contributed by atoms with Gasteiger partial charge in [-0.1, -0.05) is 23.2 Å². The minimum Gasteiger partial charge on any atom is -0.479 e. The first-order valence-corrected chi connectivity index (χ1v) is 6.31. The predicted molar refractivity (Wildman–Crippen MR) is 74.7 cm³/mol. The maximum Gasteiger partial charge on any atom is 0.352 e. The number of rotatable bonds is 3. The Balaban J connectivity index is 2.55. The molecule has 1 aliphatic rings. The van der Waals surface area contributed by atoms with Crippen LogP contribution < -0.4 is 5.01 Å². The van der Waals surface area contributed by atoms with Gasteiger partial charge in [0.2, 0.25) is 0 Å².